The lowest BCUT2D eigenvalue weighted by Crippen LogP contribution is -2.40. The van der Waals surface area contributed by atoms with Crippen molar-refractivity contribution in [3.05, 3.63) is 16.1 Å². The zero-order valence-corrected chi connectivity index (χ0v) is 15.0. The van der Waals surface area contributed by atoms with Crippen LogP contribution in [0.4, 0.5) is 0 Å². The van der Waals surface area contributed by atoms with Crippen molar-refractivity contribution in [3.63, 3.8) is 0 Å². The minimum Gasteiger partial charge on any atom is -0.306 e. The summed E-state index contributed by atoms with van der Waals surface area (Å²) in [5.41, 5.74) is 1.40. The Kier molecular flexibility index (Phi) is 6.67. The molecule has 0 bridgehead atoms. The molecule has 0 aliphatic rings. The van der Waals surface area contributed by atoms with E-state index in [4.69, 9.17) is 4.98 Å². The Hall–Kier alpha value is -0.410. The molecule has 3 heteroatoms. The lowest BCUT2D eigenvalue weighted by molar-refractivity contribution is 0.325. The molecule has 116 valence electrons. The van der Waals surface area contributed by atoms with Crippen LogP contribution in [0.3, 0.4) is 0 Å². The summed E-state index contributed by atoms with van der Waals surface area (Å²) in [7, 11) is 0. The molecule has 0 saturated heterocycles. The Labute approximate surface area is 129 Å². The third-order valence-corrected chi connectivity index (χ3v) is 4.90. The molecule has 2 nitrogen and oxygen atoms in total. The summed E-state index contributed by atoms with van der Waals surface area (Å²) in [6.45, 7) is 14.6. The fourth-order valence-corrected chi connectivity index (χ4v) is 3.49. The van der Waals surface area contributed by atoms with Crippen molar-refractivity contribution in [2.75, 3.05) is 6.54 Å². The quantitative estimate of drug-likeness (QED) is 0.664. The van der Waals surface area contributed by atoms with Crippen LogP contribution in [0.2, 0.25) is 0 Å². The molecular formula is C17H32N2S. The minimum absolute atomic E-state index is 0.0410. The van der Waals surface area contributed by atoms with Gasteiger partial charge in [0.05, 0.1) is 11.2 Å². The van der Waals surface area contributed by atoms with E-state index in [0.29, 0.717) is 0 Å². The summed E-state index contributed by atoms with van der Waals surface area (Å²) < 4.78 is 0. The monoisotopic (exact) mass is 296 g/mol. The number of rotatable bonds is 8. The molecule has 1 rings (SSSR count). The summed E-state index contributed by atoms with van der Waals surface area (Å²) >= 11 is 1.82. The Morgan fingerprint density at radius 2 is 1.80 bits per heavy atom. The van der Waals surface area contributed by atoms with Gasteiger partial charge in [-0.05, 0) is 26.3 Å². The van der Waals surface area contributed by atoms with E-state index in [9.17, 15) is 0 Å². The third kappa shape index (κ3) is 4.85. The molecular weight excluding hydrogens is 264 g/mol. The van der Waals surface area contributed by atoms with Crippen LogP contribution in [0, 0.1) is 0 Å². The summed E-state index contributed by atoms with van der Waals surface area (Å²) in [5.74, 6) is 0. The lowest BCUT2D eigenvalue weighted by atomic mass is 9.92. The Morgan fingerprint density at radius 3 is 2.30 bits per heavy atom. The predicted octanol–water partition coefficient (Wildman–Crippen LogP) is 5.24. The highest BCUT2D eigenvalue weighted by Gasteiger charge is 2.30. The van der Waals surface area contributed by atoms with E-state index in [0.717, 1.165) is 6.54 Å². The van der Waals surface area contributed by atoms with Crippen molar-refractivity contribution in [3.8, 4) is 0 Å². The summed E-state index contributed by atoms with van der Waals surface area (Å²) in [6.07, 6.45) is 6.20. The van der Waals surface area contributed by atoms with E-state index in [1.165, 1.54) is 42.8 Å². The molecule has 0 radical (unpaired) electrons. The molecule has 20 heavy (non-hydrogen) atoms. The maximum absolute atomic E-state index is 4.94. The van der Waals surface area contributed by atoms with Crippen LogP contribution >= 0.6 is 11.3 Å². The minimum atomic E-state index is 0.0410. The smallest absolute Gasteiger partial charge is 0.113 e. The van der Waals surface area contributed by atoms with E-state index >= 15 is 0 Å². The van der Waals surface area contributed by atoms with Gasteiger partial charge >= 0.3 is 0 Å². The van der Waals surface area contributed by atoms with Crippen LogP contribution in [-0.2, 0) is 11.0 Å². The fourth-order valence-electron chi connectivity index (χ4n) is 2.27. The van der Waals surface area contributed by atoms with E-state index in [2.05, 4.69) is 52.2 Å². The summed E-state index contributed by atoms with van der Waals surface area (Å²) in [5, 5.41) is 7.23. The molecule has 1 N–H and O–H groups in total. The number of aromatic nitrogens is 1. The van der Waals surface area contributed by atoms with Crippen molar-refractivity contribution in [1.29, 1.82) is 0 Å². The molecule has 1 heterocycles. The second kappa shape index (κ2) is 7.56. The number of unbranched alkanes of at least 4 members (excludes halogenated alkanes) is 2. The number of nitrogens with zero attached hydrogens (tertiary/aromatic N) is 1. The van der Waals surface area contributed by atoms with Crippen molar-refractivity contribution in [2.45, 2.75) is 84.6 Å². The van der Waals surface area contributed by atoms with E-state index in [1.54, 1.807) is 0 Å². The number of nitrogens with one attached hydrogen (secondary N) is 1. The molecule has 1 atom stereocenters. The molecule has 0 fully saturated rings. The van der Waals surface area contributed by atoms with E-state index in [1.807, 2.05) is 11.3 Å². The van der Waals surface area contributed by atoms with Gasteiger partial charge in [0.1, 0.15) is 5.01 Å². The highest BCUT2D eigenvalue weighted by molar-refractivity contribution is 7.09. The highest BCUT2D eigenvalue weighted by Crippen LogP contribution is 2.33. The SMILES string of the molecule is CCCCCC(C)(NCCC)c1nc(C(C)(C)C)cs1. The lowest BCUT2D eigenvalue weighted by Gasteiger charge is -2.29. The third-order valence-electron chi connectivity index (χ3n) is 3.79. The van der Waals surface area contributed by atoms with Crippen LogP contribution in [0.15, 0.2) is 5.38 Å². The van der Waals surface area contributed by atoms with Crippen LogP contribution in [0.1, 0.15) is 84.3 Å². The number of hydrogen-bond acceptors (Lipinski definition) is 3. The average Bonchev–Trinajstić information content (AvgIpc) is 2.87. The van der Waals surface area contributed by atoms with E-state index < -0.39 is 0 Å². The van der Waals surface area contributed by atoms with Gasteiger partial charge in [-0.2, -0.15) is 0 Å². The normalized spacial score (nSPS) is 15.3. The first-order valence-electron chi connectivity index (χ1n) is 8.05. The second-order valence-electron chi connectivity index (χ2n) is 7.00. The second-order valence-corrected chi connectivity index (χ2v) is 7.86. The molecule has 0 aromatic carbocycles. The molecule has 0 spiro atoms. The first-order valence-corrected chi connectivity index (χ1v) is 8.93. The number of hydrogen-bond donors (Lipinski definition) is 1. The number of thiazole rings is 1. The van der Waals surface area contributed by atoms with Crippen LogP contribution < -0.4 is 5.32 Å². The largest absolute Gasteiger partial charge is 0.306 e. The maximum Gasteiger partial charge on any atom is 0.113 e. The molecule has 1 aromatic heterocycles. The molecule has 0 saturated carbocycles. The molecule has 0 aliphatic carbocycles. The first kappa shape index (κ1) is 17.6. The Morgan fingerprint density at radius 1 is 1.10 bits per heavy atom. The van der Waals surface area contributed by atoms with Gasteiger partial charge in [0, 0.05) is 10.8 Å². The molecule has 0 aliphatic heterocycles. The first-order chi connectivity index (χ1) is 9.33. The van der Waals surface area contributed by atoms with Gasteiger partial charge in [0.15, 0.2) is 0 Å². The Balaban J connectivity index is 2.88. The van der Waals surface area contributed by atoms with E-state index in [-0.39, 0.29) is 11.0 Å². The van der Waals surface area contributed by atoms with Crippen LogP contribution in [0.25, 0.3) is 0 Å². The summed E-state index contributed by atoms with van der Waals surface area (Å²) in [4.78, 5) is 4.94. The maximum atomic E-state index is 4.94. The molecule has 1 unspecified atom stereocenters. The molecule has 1 aromatic rings. The van der Waals surface area contributed by atoms with Crippen LogP contribution in [-0.4, -0.2) is 11.5 Å². The average molecular weight is 297 g/mol. The van der Waals surface area contributed by atoms with Crippen molar-refractivity contribution in [2.24, 2.45) is 0 Å². The van der Waals surface area contributed by atoms with Crippen molar-refractivity contribution < 1.29 is 0 Å². The Bertz CT molecular complexity index is 392. The molecule has 0 amide bonds. The van der Waals surface area contributed by atoms with Gasteiger partial charge in [-0.15, -0.1) is 11.3 Å². The zero-order valence-electron chi connectivity index (χ0n) is 14.2. The van der Waals surface area contributed by atoms with Gasteiger partial charge in [-0.1, -0.05) is 53.9 Å². The fraction of sp³-hybridized carbons (Fsp3) is 0.824. The van der Waals surface area contributed by atoms with Gasteiger partial charge < -0.3 is 5.32 Å². The predicted molar refractivity (Wildman–Crippen MR) is 90.6 cm³/mol. The van der Waals surface area contributed by atoms with Crippen molar-refractivity contribution in [1.82, 2.24) is 10.3 Å². The van der Waals surface area contributed by atoms with Gasteiger partial charge in [-0.25, -0.2) is 4.98 Å². The van der Waals surface area contributed by atoms with Gasteiger partial charge in [0.2, 0.25) is 0 Å². The standard InChI is InChI=1S/C17H32N2S/c1-7-9-10-11-17(6,18-12-8-2)15-19-14(13-20-15)16(3,4)5/h13,18H,7-12H2,1-6H3. The van der Waals surface area contributed by atoms with Gasteiger partial charge in [-0.3, -0.25) is 0 Å². The highest BCUT2D eigenvalue weighted by atomic mass is 32.1. The van der Waals surface area contributed by atoms with Crippen LogP contribution in [0.5, 0.6) is 0 Å². The zero-order chi connectivity index (χ0) is 15.2. The van der Waals surface area contributed by atoms with Crippen molar-refractivity contribution >= 4 is 11.3 Å². The van der Waals surface area contributed by atoms with Gasteiger partial charge in [0.25, 0.3) is 0 Å². The topological polar surface area (TPSA) is 24.9 Å². The summed E-state index contributed by atoms with van der Waals surface area (Å²) in [6, 6.07) is 0.